The Kier molecular flexibility index (Phi) is 11.6. The van der Waals surface area contributed by atoms with Crippen LogP contribution < -0.4 is 24.4 Å². The Morgan fingerprint density at radius 2 is 1.79 bits per heavy atom. The van der Waals surface area contributed by atoms with E-state index in [2.05, 4.69) is 72.9 Å². The fraction of sp³-hybridized carbons (Fsp3) is 0.367. The van der Waals surface area contributed by atoms with Crippen molar-refractivity contribution in [2.24, 2.45) is 5.41 Å². The zero-order valence-electron chi connectivity index (χ0n) is 36.8. The number of benzene rings is 3. The highest BCUT2D eigenvalue weighted by molar-refractivity contribution is 7.90. The van der Waals surface area contributed by atoms with E-state index in [0.29, 0.717) is 36.4 Å². The molecule has 1 spiro atoms. The van der Waals surface area contributed by atoms with Gasteiger partial charge < -0.3 is 29.4 Å². The molecule has 10 rings (SSSR count). The minimum Gasteiger partial charge on any atom is -0.474 e. The molecule has 3 aromatic carbocycles. The fourth-order valence-electron chi connectivity index (χ4n) is 10.2. The number of pyridine rings is 2. The van der Waals surface area contributed by atoms with Gasteiger partial charge in [0.1, 0.15) is 23.8 Å². The lowest BCUT2D eigenvalue weighted by Crippen LogP contribution is -2.58. The molecule has 1 saturated carbocycles. The summed E-state index contributed by atoms with van der Waals surface area (Å²) in [4.78, 5) is 42.2. The zero-order chi connectivity index (χ0) is 45.6. The summed E-state index contributed by atoms with van der Waals surface area (Å²) in [6.07, 6.45) is 8.09. The van der Waals surface area contributed by atoms with Gasteiger partial charge in [0, 0.05) is 49.0 Å². The molecule has 1 amide bonds. The molecule has 342 valence electrons. The number of sulfonamides is 1. The number of morpholine rings is 1. The van der Waals surface area contributed by atoms with Crippen molar-refractivity contribution in [2.45, 2.75) is 75.0 Å². The lowest BCUT2D eigenvalue weighted by atomic mass is 9.59. The molecule has 2 atom stereocenters. The van der Waals surface area contributed by atoms with Crippen LogP contribution in [0, 0.1) is 15.5 Å². The maximum atomic E-state index is 14.1. The molecule has 66 heavy (non-hydrogen) atoms. The number of hydrogen-bond donors (Lipinski definition) is 3. The van der Waals surface area contributed by atoms with Crippen LogP contribution in [-0.2, 0) is 21.2 Å². The van der Waals surface area contributed by atoms with Gasteiger partial charge in [-0.3, -0.25) is 19.8 Å². The molecule has 2 saturated heterocycles. The van der Waals surface area contributed by atoms with E-state index in [4.69, 9.17) is 14.2 Å². The van der Waals surface area contributed by atoms with Crippen LogP contribution in [0.3, 0.4) is 0 Å². The van der Waals surface area contributed by atoms with Gasteiger partial charge in [0.2, 0.25) is 5.88 Å². The first-order valence-corrected chi connectivity index (χ1v) is 24.0. The van der Waals surface area contributed by atoms with Gasteiger partial charge in [0.15, 0.2) is 10.7 Å². The molecule has 3 aromatic heterocycles. The van der Waals surface area contributed by atoms with E-state index in [-0.39, 0.29) is 47.0 Å². The number of nitro groups is 1. The third-order valence-electron chi connectivity index (χ3n) is 13.7. The van der Waals surface area contributed by atoms with E-state index in [9.17, 15) is 23.3 Å². The molecule has 3 N–H and O–H groups in total. The first-order chi connectivity index (χ1) is 31.9. The van der Waals surface area contributed by atoms with Crippen LogP contribution in [0.2, 0.25) is 0 Å². The second kappa shape index (κ2) is 17.7. The van der Waals surface area contributed by atoms with E-state index >= 15 is 0 Å². The molecule has 6 heterocycles. The van der Waals surface area contributed by atoms with E-state index < -0.39 is 31.6 Å². The van der Waals surface area contributed by atoms with Crippen LogP contribution in [0.25, 0.3) is 11.0 Å². The number of hydrogen-bond acceptors (Lipinski definition) is 13. The third kappa shape index (κ3) is 8.65. The number of fused-ring (bicyclic) bond motifs is 2. The number of amides is 1. The van der Waals surface area contributed by atoms with Crippen molar-refractivity contribution in [3.63, 3.8) is 0 Å². The number of nitrogens with zero attached hydrogens (tertiary/aromatic N) is 5. The Morgan fingerprint density at radius 1 is 1.00 bits per heavy atom. The van der Waals surface area contributed by atoms with Gasteiger partial charge in [-0.1, -0.05) is 68.4 Å². The number of anilines is 2. The molecule has 6 aromatic rings. The van der Waals surface area contributed by atoms with E-state index in [1.807, 2.05) is 36.4 Å². The number of aromatic nitrogens is 3. The van der Waals surface area contributed by atoms with Crippen LogP contribution in [0.5, 0.6) is 17.4 Å². The smallest absolute Gasteiger partial charge is 0.300 e. The second-order valence-electron chi connectivity index (χ2n) is 18.2. The highest BCUT2D eigenvalue weighted by atomic mass is 32.2. The number of H-pyrrole nitrogens is 1. The van der Waals surface area contributed by atoms with Gasteiger partial charge in [0.05, 0.1) is 48.0 Å². The molecule has 3 fully saturated rings. The van der Waals surface area contributed by atoms with Crippen LogP contribution >= 0.6 is 0 Å². The van der Waals surface area contributed by atoms with Crippen molar-refractivity contribution in [3.8, 4) is 17.4 Å². The van der Waals surface area contributed by atoms with Crippen molar-refractivity contribution in [2.75, 3.05) is 49.7 Å². The maximum Gasteiger partial charge on any atom is 0.300 e. The second-order valence-corrected chi connectivity index (χ2v) is 19.9. The quantitative estimate of drug-likeness (QED) is 0.0788. The molecular weight excluding hydrogens is 861 g/mol. The largest absolute Gasteiger partial charge is 0.474 e. The monoisotopic (exact) mass is 912 g/mol. The van der Waals surface area contributed by atoms with Crippen molar-refractivity contribution in [1.82, 2.24) is 24.6 Å². The highest BCUT2D eigenvalue weighted by Gasteiger charge is 2.50. The Balaban J connectivity index is 0.860. The van der Waals surface area contributed by atoms with Gasteiger partial charge in [-0.05, 0) is 84.4 Å². The van der Waals surface area contributed by atoms with E-state index in [1.54, 1.807) is 24.4 Å². The lowest BCUT2D eigenvalue weighted by Gasteiger charge is -2.57. The number of carbonyl (C=O) groups excluding carboxylic acids is 1. The summed E-state index contributed by atoms with van der Waals surface area (Å²) in [7, 11) is -4.76. The summed E-state index contributed by atoms with van der Waals surface area (Å²) in [5, 5.41) is 15.4. The molecule has 0 radical (unpaired) electrons. The average molecular weight is 913 g/mol. The number of carbonyl (C=O) groups is 1. The summed E-state index contributed by atoms with van der Waals surface area (Å²) in [5.41, 5.74) is 4.82. The average Bonchev–Trinajstić information content (AvgIpc) is 3.79. The molecule has 1 aliphatic carbocycles. The van der Waals surface area contributed by atoms with Crippen LogP contribution in [-0.4, -0.2) is 90.6 Å². The molecule has 0 unspecified atom stereocenters. The number of ether oxygens (including phenoxy) is 3. The van der Waals surface area contributed by atoms with E-state index in [0.717, 1.165) is 74.6 Å². The van der Waals surface area contributed by atoms with E-state index in [1.165, 1.54) is 23.4 Å². The molecule has 16 nitrogen and oxygen atoms in total. The predicted molar refractivity (Wildman–Crippen MR) is 249 cm³/mol. The SMILES string of the molecule is CC(C)c1ccccc1[C@H]1COCCN1C1CC2(CCN(c3ccc(C(=O)NS(=O)(=O)c4cc([N+](=O)[O-])c5c(n4)OC[C@H](Cc4ccccc4)N5)c(Oc4cnc5[nH]ccc5c4)c3)CC2)C1. The first-order valence-electron chi connectivity index (χ1n) is 22.5. The normalized spacial score (nSPS) is 19.7. The summed E-state index contributed by atoms with van der Waals surface area (Å²) < 4.78 is 48.0. The summed E-state index contributed by atoms with van der Waals surface area (Å²) >= 11 is 0. The zero-order valence-corrected chi connectivity index (χ0v) is 37.6. The first kappa shape index (κ1) is 43.3. The Hall–Kier alpha value is -6.56. The highest BCUT2D eigenvalue weighted by Crippen LogP contribution is 2.53. The molecule has 3 aliphatic heterocycles. The summed E-state index contributed by atoms with van der Waals surface area (Å²) in [6, 6.07) is 28.3. The van der Waals surface area contributed by atoms with Gasteiger partial charge in [0.25, 0.3) is 15.9 Å². The molecule has 17 heteroatoms. The van der Waals surface area contributed by atoms with Gasteiger partial charge >= 0.3 is 5.69 Å². The van der Waals surface area contributed by atoms with Crippen LogP contribution in [0.15, 0.2) is 108 Å². The van der Waals surface area contributed by atoms with Crippen molar-refractivity contribution < 1.29 is 32.3 Å². The maximum absolute atomic E-state index is 14.1. The number of nitrogens with one attached hydrogen (secondary N) is 3. The minimum absolute atomic E-state index is 0.0357. The third-order valence-corrected chi connectivity index (χ3v) is 14.9. The van der Waals surface area contributed by atoms with Crippen molar-refractivity contribution in [3.05, 3.63) is 136 Å². The lowest BCUT2D eigenvalue weighted by molar-refractivity contribution is -0.384. The van der Waals surface area contributed by atoms with Crippen LogP contribution in [0.1, 0.15) is 78.5 Å². The molecular formula is C49H52N8O8S. The number of rotatable bonds is 12. The Morgan fingerprint density at radius 3 is 2.58 bits per heavy atom. The van der Waals surface area contributed by atoms with Gasteiger partial charge in [-0.25, -0.2) is 9.71 Å². The standard InChI is InChI=1S/C49H52N8O8S/c1-31(2)38-10-6-7-11-39(38)42-30-63-21-20-56(42)36-26-49(27-36)15-18-55(19-16-49)35-12-13-40(43(24-35)65-37-23-33-14-17-50-46(33)51-28-37)47(58)54-66(61,62)44-25-41(57(59)60)45-48(53-44)64-29-34(52-45)22-32-8-4-3-5-9-32/h3-14,17,23-25,28,31,34,36,42,52H,15-16,18-22,26-27,29-30H2,1-2H3,(H,50,51)(H,54,58)/t34-,42+/m0/s1. The number of piperidine rings is 1. The van der Waals surface area contributed by atoms with Gasteiger partial charge in [-0.15, -0.1) is 0 Å². The predicted octanol–water partition coefficient (Wildman–Crippen LogP) is 8.14. The Bertz CT molecular complexity index is 2890. The molecule has 4 aliphatic rings. The summed E-state index contributed by atoms with van der Waals surface area (Å²) in [5.74, 6) is -0.371. The van der Waals surface area contributed by atoms with Gasteiger partial charge in [-0.2, -0.15) is 13.4 Å². The number of aromatic amines is 1. The topological polar surface area (TPSA) is 194 Å². The minimum atomic E-state index is -4.76. The van der Waals surface area contributed by atoms with Crippen LogP contribution in [0.4, 0.5) is 17.1 Å². The molecule has 0 bridgehead atoms. The summed E-state index contributed by atoms with van der Waals surface area (Å²) in [6.45, 7) is 8.57. The van der Waals surface area contributed by atoms with Crippen molar-refractivity contribution >= 4 is 44.0 Å². The Labute approximate surface area is 382 Å². The fourth-order valence-corrected chi connectivity index (χ4v) is 11.2. The van der Waals surface area contributed by atoms with Crippen molar-refractivity contribution in [1.29, 1.82) is 0 Å².